The number of nitrogens with two attached hydrogens (primary N) is 1. The van der Waals surface area contributed by atoms with Crippen molar-refractivity contribution in [2.24, 2.45) is 5.41 Å². The van der Waals surface area contributed by atoms with Gasteiger partial charge in [0.25, 0.3) is 0 Å². The first-order valence-electron chi connectivity index (χ1n) is 5.61. The fourth-order valence-corrected chi connectivity index (χ4v) is 2.99. The number of anilines is 1. The summed E-state index contributed by atoms with van der Waals surface area (Å²) < 4.78 is 77.1. The lowest BCUT2D eigenvalue weighted by atomic mass is 9.85. The van der Waals surface area contributed by atoms with E-state index in [1.807, 2.05) is 0 Å². The van der Waals surface area contributed by atoms with E-state index in [2.05, 4.69) is 4.98 Å². The number of hydrogen-bond acceptors (Lipinski definition) is 4. The number of rotatable bonds is 2. The van der Waals surface area contributed by atoms with E-state index in [1.165, 1.54) is 6.20 Å². The van der Waals surface area contributed by atoms with Crippen LogP contribution in [-0.4, -0.2) is 35.3 Å². The van der Waals surface area contributed by atoms with Crippen LogP contribution in [-0.2, 0) is 6.54 Å². The Morgan fingerprint density at radius 1 is 1.25 bits per heavy atom. The van der Waals surface area contributed by atoms with Crippen molar-refractivity contribution in [3.05, 3.63) is 11.1 Å². The number of alkyl halides is 6. The molecular formula is C10H11F6N3S. The van der Waals surface area contributed by atoms with Crippen molar-refractivity contribution in [2.45, 2.75) is 25.3 Å². The standard InChI is InChI=1S/C10H11F6N3S/c11-9(12,13)8(10(14,15)16)1-2-19(5-8)4-6-3-18-7(17)20-6/h3H,1-2,4-5H2,(H2,17,18). The molecule has 0 bridgehead atoms. The molecule has 114 valence electrons. The van der Waals surface area contributed by atoms with E-state index >= 15 is 0 Å². The molecule has 2 heterocycles. The Balaban J connectivity index is 2.16. The second-order valence-electron chi connectivity index (χ2n) is 4.70. The van der Waals surface area contributed by atoms with E-state index in [1.54, 1.807) is 0 Å². The van der Waals surface area contributed by atoms with Gasteiger partial charge < -0.3 is 5.73 Å². The Labute approximate surface area is 114 Å². The zero-order valence-electron chi connectivity index (χ0n) is 10.1. The van der Waals surface area contributed by atoms with Crippen molar-refractivity contribution in [2.75, 3.05) is 18.8 Å². The summed E-state index contributed by atoms with van der Waals surface area (Å²) in [7, 11) is 0. The van der Waals surface area contributed by atoms with Crippen molar-refractivity contribution in [1.82, 2.24) is 9.88 Å². The highest BCUT2D eigenvalue weighted by Crippen LogP contribution is 2.55. The minimum Gasteiger partial charge on any atom is -0.375 e. The van der Waals surface area contributed by atoms with Crippen molar-refractivity contribution in [3.63, 3.8) is 0 Å². The third kappa shape index (κ3) is 2.58. The lowest BCUT2D eigenvalue weighted by molar-refractivity contribution is -0.335. The number of hydrogen-bond donors (Lipinski definition) is 1. The summed E-state index contributed by atoms with van der Waals surface area (Å²) in [5.74, 6) is 0. The molecule has 1 saturated heterocycles. The van der Waals surface area contributed by atoms with Gasteiger partial charge in [0, 0.05) is 24.2 Å². The number of nitrogen functional groups attached to an aromatic ring is 1. The normalized spacial score (nSPS) is 20.5. The van der Waals surface area contributed by atoms with Gasteiger partial charge in [0.1, 0.15) is 0 Å². The van der Waals surface area contributed by atoms with Gasteiger partial charge in [0.05, 0.1) is 0 Å². The Bertz CT molecular complexity index is 466. The molecule has 1 fully saturated rings. The Morgan fingerprint density at radius 2 is 1.85 bits per heavy atom. The summed E-state index contributed by atoms with van der Waals surface area (Å²) in [6, 6.07) is 0. The van der Waals surface area contributed by atoms with Crippen molar-refractivity contribution in [1.29, 1.82) is 0 Å². The molecule has 1 aromatic rings. The van der Waals surface area contributed by atoms with Crippen molar-refractivity contribution < 1.29 is 26.3 Å². The first-order valence-corrected chi connectivity index (χ1v) is 6.43. The van der Waals surface area contributed by atoms with E-state index < -0.39 is 30.7 Å². The van der Waals surface area contributed by atoms with Gasteiger partial charge in [0.2, 0.25) is 0 Å². The summed E-state index contributed by atoms with van der Waals surface area (Å²) in [6.45, 7) is -1.36. The van der Waals surface area contributed by atoms with Crippen molar-refractivity contribution >= 4 is 16.5 Å². The predicted octanol–water partition coefficient (Wildman–Crippen LogP) is 3.04. The zero-order valence-corrected chi connectivity index (χ0v) is 10.9. The smallest absolute Gasteiger partial charge is 0.375 e. The van der Waals surface area contributed by atoms with Crippen LogP contribution in [0.3, 0.4) is 0 Å². The molecule has 0 unspecified atom stereocenters. The van der Waals surface area contributed by atoms with Gasteiger partial charge >= 0.3 is 12.4 Å². The van der Waals surface area contributed by atoms with E-state index in [9.17, 15) is 26.3 Å². The average Bonchev–Trinajstić information content (AvgIpc) is 2.84. The Kier molecular flexibility index (Phi) is 3.66. The van der Waals surface area contributed by atoms with E-state index in [0.29, 0.717) is 4.88 Å². The molecule has 0 aliphatic carbocycles. The molecule has 1 aliphatic rings. The molecule has 0 atom stereocenters. The minimum absolute atomic E-state index is 0.0111. The second-order valence-corrected chi connectivity index (χ2v) is 5.85. The van der Waals surface area contributed by atoms with Crippen LogP contribution < -0.4 is 5.73 Å². The highest BCUT2D eigenvalue weighted by Gasteiger charge is 2.72. The number of thiazole rings is 1. The van der Waals surface area contributed by atoms with Crippen LogP contribution in [0, 0.1) is 5.41 Å². The number of aromatic nitrogens is 1. The van der Waals surface area contributed by atoms with Crippen LogP contribution in [0.4, 0.5) is 31.5 Å². The molecule has 0 radical (unpaired) electrons. The Morgan fingerprint density at radius 3 is 2.25 bits per heavy atom. The maximum Gasteiger partial charge on any atom is 0.404 e. The van der Waals surface area contributed by atoms with Gasteiger partial charge in [-0.05, 0) is 13.0 Å². The molecule has 3 nitrogen and oxygen atoms in total. The maximum absolute atomic E-state index is 12.9. The van der Waals surface area contributed by atoms with Gasteiger partial charge in [-0.1, -0.05) is 0 Å². The summed E-state index contributed by atoms with van der Waals surface area (Å²) in [4.78, 5) is 5.39. The molecule has 1 aliphatic heterocycles. The van der Waals surface area contributed by atoms with Gasteiger partial charge in [-0.25, -0.2) is 4.98 Å². The number of nitrogens with zero attached hydrogens (tertiary/aromatic N) is 2. The molecule has 0 saturated carbocycles. The molecular weight excluding hydrogens is 308 g/mol. The SMILES string of the molecule is Nc1ncc(CN2CCC(C(F)(F)F)(C(F)(F)F)C2)s1. The van der Waals surface area contributed by atoms with Gasteiger partial charge in [-0.3, -0.25) is 4.90 Å². The van der Waals surface area contributed by atoms with Crippen LogP contribution in [0.25, 0.3) is 0 Å². The summed E-state index contributed by atoms with van der Waals surface area (Å²) >= 11 is 1.05. The third-order valence-corrected chi connectivity index (χ3v) is 4.20. The van der Waals surface area contributed by atoms with Crippen LogP contribution >= 0.6 is 11.3 Å². The van der Waals surface area contributed by atoms with Gasteiger partial charge in [0.15, 0.2) is 10.5 Å². The molecule has 0 spiro atoms. The highest BCUT2D eigenvalue weighted by molar-refractivity contribution is 7.15. The molecule has 0 amide bonds. The zero-order chi connectivity index (χ0) is 15.2. The van der Waals surface area contributed by atoms with Crippen LogP contribution in [0.1, 0.15) is 11.3 Å². The molecule has 10 heteroatoms. The lowest BCUT2D eigenvalue weighted by Gasteiger charge is -2.33. The maximum atomic E-state index is 12.9. The average molecular weight is 319 g/mol. The first-order chi connectivity index (χ1) is 9.05. The van der Waals surface area contributed by atoms with Crippen LogP contribution in [0.15, 0.2) is 6.20 Å². The van der Waals surface area contributed by atoms with Gasteiger partial charge in [-0.15, -0.1) is 11.3 Å². The lowest BCUT2D eigenvalue weighted by Crippen LogP contribution is -2.51. The minimum atomic E-state index is -5.31. The number of halogens is 6. The Hall–Kier alpha value is -1.03. The largest absolute Gasteiger partial charge is 0.404 e. The van der Waals surface area contributed by atoms with E-state index in [0.717, 1.165) is 16.2 Å². The number of likely N-dealkylation sites (tertiary alicyclic amines) is 1. The monoisotopic (exact) mass is 319 g/mol. The quantitative estimate of drug-likeness (QED) is 0.852. The van der Waals surface area contributed by atoms with Crippen LogP contribution in [0.2, 0.25) is 0 Å². The van der Waals surface area contributed by atoms with E-state index in [-0.39, 0.29) is 18.2 Å². The van der Waals surface area contributed by atoms with Crippen LogP contribution in [0.5, 0.6) is 0 Å². The third-order valence-electron chi connectivity index (χ3n) is 3.38. The van der Waals surface area contributed by atoms with Crippen molar-refractivity contribution in [3.8, 4) is 0 Å². The second kappa shape index (κ2) is 4.76. The molecule has 1 aromatic heterocycles. The fourth-order valence-electron chi connectivity index (χ4n) is 2.26. The molecule has 20 heavy (non-hydrogen) atoms. The predicted molar refractivity (Wildman–Crippen MR) is 61.0 cm³/mol. The van der Waals surface area contributed by atoms with E-state index in [4.69, 9.17) is 5.73 Å². The highest BCUT2D eigenvalue weighted by atomic mass is 32.1. The summed E-state index contributed by atoms with van der Waals surface area (Å²) in [5, 5.41) is 0.233. The van der Waals surface area contributed by atoms with Gasteiger partial charge in [-0.2, -0.15) is 26.3 Å². The molecule has 2 rings (SSSR count). The molecule has 0 aromatic carbocycles. The summed E-state index contributed by atoms with van der Waals surface area (Å²) in [6.07, 6.45) is -10.2. The summed E-state index contributed by atoms with van der Waals surface area (Å²) in [5.41, 5.74) is 1.73. The topological polar surface area (TPSA) is 42.1 Å². The molecule has 2 N–H and O–H groups in total. The fraction of sp³-hybridized carbons (Fsp3) is 0.700. The first kappa shape index (κ1) is 15.4.